The normalized spacial score (nSPS) is 10.2. The van der Waals surface area contributed by atoms with E-state index in [1.165, 1.54) is 0 Å². The number of aliphatic hydroxyl groups is 1. The number of hydrogen-bond acceptors (Lipinski definition) is 3. The molecule has 4 nitrogen and oxygen atoms in total. The van der Waals surface area contributed by atoms with Gasteiger partial charge in [-0.3, -0.25) is 4.79 Å². The molecule has 0 radical (unpaired) electrons. The third-order valence-electron chi connectivity index (χ3n) is 2.50. The van der Waals surface area contributed by atoms with Crippen LogP contribution in [0.2, 0.25) is 5.02 Å². The molecule has 1 N–H and O–H groups in total. The zero-order valence-corrected chi connectivity index (χ0v) is 11.4. The number of nitrogens with zero attached hydrogens (tertiary/aromatic N) is 1. The maximum atomic E-state index is 11.3. The maximum absolute atomic E-state index is 11.3. The highest BCUT2D eigenvalue weighted by Gasteiger charge is 2.08. The summed E-state index contributed by atoms with van der Waals surface area (Å²) in [7, 11) is 3.45. The average Bonchev–Trinajstić information content (AvgIpc) is 2.35. The van der Waals surface area contributed by atoms with Crippen molar-refractivity contribution in [3.8, 4) is 5.75 Å². The molecule has 0 aliphatic carbocycles. The van der Waals surface area contributed by atoms with E-state index in [2.05, 4.69) is 0 Å². The summed E-state index contributed by atoms with van der Waals surface area (Å²) in [5, 5.41) is 9.63. The van der Waals surface area contributed by atoms with Gasteiger partial charge in [-0.1, -0.05) is 23.7 Å². The smallest absolute Gasteiger partial charge is 0.222 e. The Morgan fingerprint density at radius 1 is 1.44 bits per heavy atom. The highest BCUT2D eigenvalue weighted by atomic mass is 35.5. The Hall–Kier alpha value is -1.26. The van der Waals surface area contributed by atoms with Crippen molar-refractivity contribution in [3.63, 3.8) is 0 Å². The van der Waals surface area contributed by atoms with Gasteiger partial charge in [0.05, 0.1) is 18.2 Å². The molecule has 0 aliphatic rings. The van der Waals surface area contributed by atoms with Gasteiger partial charge in [0.2, 0.25) is 5.91 Å². The average molecular weight is 272 g/mol. The molecule has 1 aromatic carbocycles. The van der Waals surface area contributed by atoms with Crippen molar-refractivity contribution in [2.75, 3.05) is 20.7 Å². The van der Waals surface area contributed by atoms with Crippen LogP contribution >= 0.6 is 11.6 Å². The van der Waals surface area contributed by atoms with E-state index < -0.39 is 0 Å². The molecule has 18 heavy (non-hydrogen) atoms. The highest BCUT2D eigenvalue weighted by molar-refractivity contribution is 6.32. The molecule has 0 bridgehead atoms. The van der Waals surface area contributed by atoms with Crippen LogP contribution in [-0.4, -0.2) is 36.6 Å². The van der Waals surface area contributed by atoms with Crippen molar-refractivity contribution in [1.29, 1.82) is 0 Å². The number of halogens is 1. The molecule has 5 heteroatoms. The molecule has 0 heterocycles. The maximum Gasteiger partial charge on any atom is 0.222 e. The fourth-order valence-electron chi connectivity index (χ4n) is 1.46. The van der Waals surface area contributed by atoms with Crippen LogP contribution in [-0.2, 0) is 11.4 Å². The second-order valence-corrected chi connectivity index (χ2v) is 4.53. The number of hydrogen-bond donors (Lipinski definition) is 1. The minimum atomic E-state index is -0.119. The molecule has 100 valence electrons. The van der Waals surface area contributed by atoms with Crippen molar-refractivity contribution < 1.29 is 14.6 Å². The minimum absolute atomic E-state index is 0.0696. The summed E-state index contributed by atoms with van der Waals surface area (Å²) in [4.78, 5) is 12.9. The van der Waals surface area contributed by atoms with Crippen LogP contribution in [0.3, 0.4) is 0 Å². The Bertz CT molecular complexity index is 407. The van der Waals surface area contributed by atoms with E-state index in [4.69, 9.17) is 21.4 Å². The summed E-state index contributed by atoms with van der Waals surface area (Å²) in [6.45, 7) is 0.281. The van der Waals surface area contributed by atoms with Crippen LogP contribution < -0.4 is 4.74 Å². The number of carbonyl (C=O) groups excluding carboxylic acids is 1. The first-order valence-electron chi connectivity index (χ1n) is 5.77. The lowest BCUT2D eigenvalue weighted by Gasteiger charge is -2.13. The van der Waals surface area contributed by atoms with Crippen LogP contribution in [0.15, 0.2) is 18.2 Å². The van der Waals surface area contributed by atoms with Crippen molar-refractivity contribution in [2.45, 2.75) is 19.4 Å². The summed E-state index contributed by atoms with van der Waals surface area (Å²) < 4.78 is 5.53. The first-order chi connectivity index (χ1) is 8.56. The third kappa shape index (κ3) is 4.20. The Labute approximate surface area is 112 Å². The SMILES string of the molecule is CN(C)C(=O)CCCOc1c(Cl)cccc1CO. The van der Waals surface area contributed by atoms with Crippen LogP contribution in [0.25, 0.3) is 0 Å². The van der Waals surface area contributed by atoms with E-state index in [0.29, 0.717) is 35.8 Å². The van der Waals surface area contributed by atoms with Crippen LogP contribution in [0, 0.1) is 0 Å². The van der Waals surface area contributed by atoms with Gasteiger partial charge in [-0.25, -0.2) is 0 Å². The topological polar surface area (TPSA) is 49.8 Å². The minimum Gasteiger partial charge on any atom is -0.492 e. The number of amides is 1. The summed E-state index contributed by atoms with van der Waals surface area (Å²) in [5.41, 5.74) is 0.654. The molecule has 1 aromatic rings. The van der Waals surface area contributed by atoms with Gasteiger partial charge in [0.1, 0.15) is 5.75 Å². The highest BCUT2D eigenvalue weighted by Crippen LogP contribution is 2.28. The molecular formula is C13H18ClNO3. The predicted molar refractivity (Wildman–Crippen MR) is 70.8 cm³/mol. The van der Waals surface area contributed by atoms with E-state index in [1.807, 2.05) is 0 Å². The van der Waals surface area contributed by atoms with E-state index in [9.17, 15) is 4.79 Å². The summed E-state index contributed by atoms with van der Waals surface area (Å²) >= 11 is 5.99. The zero-order chi connectivity index (χ0) is 13.5. The van der Waals surface area contributed by atoms with Gasteiger partial charge in [-0.2, -0.15) is 0 Å². The molecule has 0 saturated heterocycles. The molecule has 0 spiro atoms. The van der Waals surface area contributed by atoms with E-state index in [-0.39, 0.29) is 12.5 Å². The molecule has 0 aromatic heterocycles. The number of para-hydroxylation sites is 1. The molecule has 0 fully saturated rings. The summed E-state index contributed by atoms with van der Waals surface area (Å²) in [6, 6.07) is 5.23. The number of benzene rings is 1. The van der Waals surface area contributed by atoms with Gasteiger partial charge in [0.15, 0.2) is 0 Å². The van der Waals surface area contributed by atoms with Gasteiger partial charge in [-0.05, 0) is 12.5 Å². The van der Waals surface area contributed by atoms with Gasteiger partial charge in [0.25, 0.3) is 0 Å². The lowest BCUT2D eigenvalue weighted by atomic mass is 10.2. The molecule has 0 unspecified atom stereocenters. The summed E-state index contributed by atoms with van der Waals surface area (Å²) in [6.07, 6.45) is 1.05. The quantitative estimate of drug-likeness (QED) is 0.806. The number of rotatable bonds is 6. The predicted octanol–water partition coefficient (Wildman–Crippen LogP) is 2.08. The molecule has 1 amide bonds. The Morgan fingerprint density at radius 2 is 2.17 bits per heavy atom. The Balaban J connectivity index is 2.47. The van der Waals surface area contributed by atoms with Crippen LogP contribution in [0.4, 0.5) is 0 Å². The van der Waals surface area contributed by atoms with Crippen molar-refractivity contribution in [1.82, 2.24) is 4.90 Å². The molecule has 0 atom stereocenters. The first-order valence-corrected chi connectivity index (χ1v) is 6.15. The molecule has 1 rings (SSSR count). The van der Waals surface area contributed by atoms with Crippen LogP contribution in [0.5, 0.6) is 5.75 Å². The van der Waals surface area contributed by atoms with Gasteiger partial charge < -0.3 is 14.7 Å². The summed E-state index contributed by atoms with van der Waals surface area (Å²) in [5.74, 6) is 0.569. The molecule has 0 aliphatic heterocycles. The standard InChI is InChI=1S/C13H18ClNO3/c1-15(2)12(17)7-4-8-18-13-10(9-16)5-3-6-11(13)14/h3,5-6,16H,4,7-9H2,1-2H3. The van der Waals surface area contributed by atoms with Crippen molar-refractivity contribution >= 4 is 17.5 Å². The van der Waals surface area contributed by atoms with Gasteiger partial charge in [0, 0.05) is 26.1 Å². The van der Waals surface area contributed by atoms with E-state index >= 15 is 0 Å². The van der Waals surface area contributed by atoms with Crippen LogP contribution in [0.1, 0.15) is 18.4 Å². The number of aliphatic hydroxyl groups excluding tert-OH is 1. The van der Waals surface area contributed by atoms with Gasteiger partial charge in [-0.15, -0.1) is 0 Å². The monoisotopic (exact) mass is 271 g/mol. The second-order valence-electron chi connectivity index (χ2n) is 4.13. The van der Waals surface area contributed by atoms with E-state index in [0.717, 1.165) is 0 Å². The first kappa shape index (κ1) is 14.8. The lowest BCUT2D eigenvalue weighted by Crippen LogP contribution is -2.21. The molecular weight excluding hydrogens is 254 g/mol. The fraction of sp³-hybridized carbons (Fsp3) is 0.462. The fourth-order valence-corrected chi connectivity index (χ4v) is 1.71. The molecule has 0 saturated carbocycles. The Kier molecular flexibility index (Phi) is 5.95. The largest absolute Gasteiger partial charge is 0.492 e. The van der Waals surface area contributed by atoms with Crippen molar-refractivity contribution in [2.24, 2.45) is 0 Å². The number of carbonyl (C=O) groups is 1. The second kappa shape index (κ2) is 7.24. The number of ether oxygens (including phenoxy) is 1. The van der Waals surface area contributed by atoms with Gasteiger partial charge >= 0.3 is 0 Å². The Morgan fingerprint density at radius 3 is 2.78 bits per heavy atom. The zero-order valence-electron chi connectivity index (χ0n) is 10.6. The van der Waals surface area contributed by atoms with E-state index in [1.54, 1.807) is 37.2 Å². The lowest BCUT2D eigenvalue weighted by molar-refractivity contribution is -0.128. The van der Waals surface area contributed by atoms with Crippen molar-refractivity contribution in [3.05, 3.63) is 28.8 Å². The third-order valence-corrected chi connectivity index (χ3v) is 2.80.